The van der Waals surface area contributed by atoms with Crippen molar-refractivity contribution in [1.82, 2.24) is 15.1 Å². The zero-order chi connectivity index (χ0) is 12.8. The van der Waals surface area contributed by atoms with Crippen molar-refractivity contribution in [3.63, 3.8) is 0 Å². The minimum Gasteiger partial charge on any atom is -0.409 e. The van der Waals surface area contributed by atoms with E-state index < -0.39 is 0 Å². The van der Waals surface area contributed by atoms with E-state index in [4.69, 9.17) is 10.9 Å². The second-order valence-corrected chi connectivity index (χ2v) is 5.07. The van der Waals surface area contributed by atoms with E-state index in [9.17, 15) is 0 Å². The second kappa shape index (κ2) is 5.86. The summed E-state index contributed by atoms with van der Waals surface area (Å²) in [7, 11) is 0. The van der Waals surface area contributed by atoms with Crippen molar-refractivity contribution < 1.29 is 5.21 Å². The van der Waals surface area contributed by atoms with Crippen LogP contribution in [0, 0.1) is 5.41 Å². The molecule has 0 radical (unpaired) electrons. The molecule has 6 nitrogen and oxygen atoms in total. The van der Waals surface area contributed by atoms with Crippen molar-refractivity contribution in [3.8, 4) is 0 Å². The minimum absolute atomic E-state index is 0.238. The zero-order valence-corrected chi connectivity index (χ0v) is 10.5. The van der Waals surface area contributed by atoms with Gasteiger partial charge in [-0.3, -0.25) is 4.68 Å². The Morgan fingerprint density at radius 2 is 2.39 bits per heavy atom. The molecule has 0 amide bonds. The van der Waals surface area contributed by atoms with Gasteiger partial charge in [0.2, 0.25) is 0 Å². The lowest BCUT2D eigenvalue weighted by Gasteiger charge is -2.15. The van der Waals surface area contributed by atoms with Gasteiger partial charge in [-0.05, 0) is 37.3 Å². The predicted octanol–water partition coefficient (Wildman–Crippen LogP) is 0.779. The molecule has 4 N–H and O–H groups in total. The molecule has 0 saturated heterocycles. The Balaban J connectivity index is 1.58. The smallest absolute Gasteiger partial charge is 0.139 e. The molecule has 1 heterocycles. The largest absolute Gasteiger partial charge is 0.409 e. The molecular formula is C12H21N5O. The van der Waals surface area contributed by atoms with Gasteiger partial charge in [-0.15, -0.1) is 0 Å². The predicted molar refractivity (Wildman–Crippen MR) is 69.4 cm³/mol. The lowest BCUT2D eigenvalue weighted by atomic mass is 10.0. The van der Waals surface area contributed by atoms with E-state index in [-0.39, 0.29) is 5.41 Å². The third-order valence-electron chi connectivity index (χ3n) is 3.44. The maximum Gasteiger partial charge on any atom is 0.139 e. The summed E-state index contributed by atoms with van der Waals surface area (Å²) in [5.41, 5.74) is 5.79. The highest BCUT2D eigenvalue weighted by molar-refractivity contribution is 5.80. The summed E-state index contributed by atoms with van der Waals surface area (Å²) in [6.07, 6.45) is 7.84. The molecular weight excluding hydrogens is 230 g/mol. The van der Waals surface area contributed by atoms with Gasteiger partial charge in [-0.2, -0.15) is 5.10 Å². The van der Waals surface area contributed by atoms with E-state index in [1.165, 1.54) is 0 Å². The van der Waals surface area contributed by atoms with Crippen LogP contribution < -0.4 is 11.1 Å². The lowest BCUT2D eigenvalue weighted by molar-refractivity contribution is 0.314. The number of amidine groups is 1. The third-order valence-corrected chi connectivity index (χ3v) is 3.44. The average molecular weight is 251 g/mol. The number of hydrogen-bond acceptors (Lipinski definition) is 4. The molecule has 0 bridgehead atoms. The van der Waals surface area contributed by atoms with Crippen molar-refractivity contribution in [2.75, 3.05) is 13.1 Å². The minimum atomic E-state index is 0.238. The van der Waals surface area contributed by atoms with Gasteiger partial charge in [0.05, 0.1) is 0 Å². The van der Waals surface area contributed by atoms with Gasteiger partial charge in [-0.25, -0.2) is 0 Å². The Hall–Kier alpha value is -1.56. The summed E-state index contributed by atoms with van der Waals surface area (Å²) in [5.74, 6) is 0.339. The molecule has 2 rings (SSSR count). The number of hydrogen-bond donors (Lipinski definition) is 3. The Kier molecular flexibility index (Phi) is 4.19. The van der Waals surface area contributed by atoms with E-state index in [2.05, 4.69) is 15.6 Å². The Morgan fingerprint density at radius 1 is 1.56 bits per heavy atom. The number of nitrogens with two attached hydrogens (primary N) is 1. The first-order valence-electron chi connectivity index (χ1n) is 6.39. The van der Waals surface area contributed by atoms with Gasteiger partial charge < -0.3 is 16.3 Å². The van der Waals surface area contributed by atoms with Crippen LogP contribution in [0.25, 0.3) is 0 Å². The van der Waals surface area contributed by atoms with Crippen molar-refractivity contribution in [3.05, 3.63) is 18.5 Å². The van der Waals surface area contributed by atoms with E-state index in [0.717, 1.165) is 38.9 Å². The standard InChI is InChI=1S/C12H21N5O/c13-11(16-18)9-12(3-4-12)10-14-5-1-7-17-8-2-6-15-17/h2,6,8,14,18H,1,3-5,7,9-10H2,(H2,13,16). The monoisotopic (exact) mass is 251 g/mol. The van der Waals surface area contributed by atoms with Gasteiger partial charge in [0.1, 0.15) is 5.84 Å². The molecule has 0 unspecified atom stereocenters. The molecule has 1 saturated carbocycles. The first-order chi connectivity index (χ1) is 8.74. The summed E-state index contributed by atoms with van der Waals surface area (Å²) >= 11 is 0. The highest BCUT2D eigenvalue weighted by atomic mass is 16.4. The molecule has 1 aromatic rings. The normalized spacial score (nSPS) is 17.9. The SMILES string of the molecule is N/C(CC1(CNCCCn2cccn2)CC1)=N/O. The number of rotatable bonds is 8. The van der Waals surface area contributed by atoms with Gasteiger partial charge in [0.15, 0.2) is 0 Å². The van der Waals surface area contributed by atoms with Gasteiger partial charge in [-0.1, -0.05) is 5.16 Å². The van der Waals surface area contributed by atoms with Crippen LogP contribution in [0.15, 0.2) is 23.6 Å². The molecule has 6 heteroatoms. The highest BCUT2D eigenvalue weighted by Crippen LogP contribution is 2.48. The molecule has 1 aromatic heterocycles. The van der Waals surface area contributed by atoms with E-state index in [1.54, 1.807) is 6.20 Å². The highest BCUT2D eigenvalue weighted by Gasteiger charge is 2.42. The Labute approximate surface area is 107 Å². The zero-order valence-electron chi connectivity index (χ0n) is 10.5. The van der Waals surface area contributed by atoms with Crippen LogP contribution in [-0.4, -0.2) is 33.9 Å². The van der Waals surface area contributed by atoms with Gasteiger partial charge in [0.25, 0.3) is 0 Å². The second-order valence-electron chi connectivity index (χ2n) is 5.07. The lowest BCUT2D eigenvalue weighted by Crippen LogP contribution is -2.29. The summed E-state index contributed by atoms with van der Waals surface area (Å²) in [4.78, 5) is 0. The maximum absolute atomic E-state index is 8.57. The van der Waals surface area contributed by atoms with Gasteiger partial charge >= 0.3 is 0 Å². The Morgan fingerprint density at radius 3 is 3.00 bits per heavy atom. The fourth-order valence-electron chi connectivity index (χ4n) is 2.16. The maximum atomic E-state index is 8.57. The third kappa shape index (κ3) is 3.73. The quantitative estimate of drug-likeness (QED) is 0.209. The molecule has 1 aliphatic rings. The Bertz CT molecular complexity index is 383. The van der Waals surface area contributed by atoms with Crippen LogP contribution in [0.3, 0.4) is 0 Å². The molecule has 18 heavy (non-hydrogen) atoms. The fourth-order valence-corrected chi connectivity index (χ4v) is 2.16. The van der Waals surface area contributed by atoms with E-state index >= 15 is 0 Å². The summed E-state index contributed by atoms with van der Waals surface area (Å²) in [5, 5.41) is 19.2. The molecule has 0 aliphatic heterocycles. The number of nitrogens with zero attached hydrogens (tertiary/aromatic N) is 3. The van der Waals surface area contributed by atoms with E-state index in [1.807, 2.05) is 16.9 Å². The number of nitrogens with one attached hydrogen (secondary N) is 1. The van der Waals surface area contributed by atoms with Gasteiger partial charge in [0, 0.05) is 31.9 Å². The molecule has 1 aliphatic carbocycles. The first-order valence-corrected chi connectivity index (χ1v) is 6.39. The number of aryl methyl sites for hydroxylation is 1. The molecule has 0 spiro atoms. The van der Waals surface area contributed by atoms with Crippen LogP contribution in [0.4, 0.5) is 0 Å². The summed E-state index contributed by atoms with van der Waals surface area (Å²) in [6.45, 7) is 2.85. The molecule has 0 atom stereocenters. The van der Waals surface area contributed by atoms with Crippen molar-refractivity contribution in [2.45, 2.75) is 32.2 Å². The number of oxime groups is 1. The van der Waals surface area contributed by atoms with Crippen LogP contribution in [0.2, 0.25) is 0 Å². The summed E-state index contributed by atoms with van der Waals surface area (Å²) in [6, 6.07) is 1.93. The fraction of sp³-hybridized carbons (Fsp3) is 0.667. The number of aromatic nitrogens is 2. The van der Waals surface area contributed by atoms with Crippen LogP contribution >= 0.6 is 0 Å². The average Bonchev–Trinajstić information content (AvgIpc) is 2.91. The van der Waals surface area contributed by atoms with Crippen molar-refractivity contribution in [2.24, 2.45) is 16.3 Å². The first kappa shape index (κ1) is 12.9. The molecule has 100 valence electrons. The summed E-state index contributed by atoms with van der Waals surface area (Å²) < 4.78 is 1.94. The van der Waals surface area contributed by atoms with Crippen LogP contribution in [-0.2, 0) is 6.54 Å². The van der Waals surface area contributed by atoms with Crippen LogP contribution in [0.1, 0.15) is 25.7 Å². The van der Waals surface area contributed by atoms with Crippen LogP contribution in [0.5, 0.6) is 0 Å². The molecule has 1 fully saturated rings. The van der Waals surface area contributed by atoms with E-state index in [0.29, 0.717) is 12.3 Å². The van der Waals surface area contributed by atoms with Crippen molar-refractivity contribution >= 4 is 5.84 Å². The molecule has 0 aromatic carbocycles. The topological polar surface area (TPSA) is 88.5 Å². The van der Waals surface area contributed by atoms with Crippen molar-refractivity contribution in [1.29, 1.82) is 0 Å².